The molecule has 1 N–H and O–H groups in total. The van der Waals surface area contributed by atoms with Crippen molar-refractivity contribution in [2.45, 2.75) is 76.0 Å². The molecule has 2 fully saturated rings. The van der Waals surface area contributed by atoms with Crippen molar-refractivity contribution >= 4 is 9.84 Å². The highest BCUT2D eigenvalue weighted by atomic mass is 32.2. The summed E-state index contributed by atoms with van der Waals surface area (Å²) < 4.78 is 66.4. The predicted octanol–water partition coefficient (Wildman–Crippen LogP) is 4.61. The summed E-state index contributed by atoms with van der Waals surface area (Å²) >= 11 is 0. The lowest BCUT2D eigenvalue weighted by Gasteiger charge is -2.40. The number of halogens is 3. The number of nitrogens with zero attached hydrogens (tertiary/aromatic N) is 2. The van der Waals surface area contributed by atoms with Crippen LogP contribution in [0.3, 0.4) is 0 Å². The maximum Gasteiger partial charge on any atom is 0.398 e. The molecule has 5 nitrogen and oxygen atoms in total. The summed E-state index contributed by atoms with van der Waals surface area (Å²) in [5, 5.41) is 8.36. The van der Waals surface area contributed by atoms with Gasteiger partial charge in [-0.1, -0.05) is 18.2 Å². The molecule has 1 atom stereocenters. The van der Waals surface area contributed by atoms with E-state index in [0.29, 0.717) is 11.5 Å². The van der Waals surface area contributed by atoms with E-state index in [1.165, 1.54) is 0 Å². The zero-order valence-corrected chi connectivity index (χ0v) is 20.7. The number of nitrogens with one attached hydrogen (secondary N) is 1. The molecular formula is C25H32F3N3O2S. The molecule has 1 saturated carbocycles. The summed E-state index contributed by atoms with van der Waals surface area (Å²) in [5.74, 6) is 0.727. The summed E-state index contributed by atoms with van der Waals surface area (Å²) in [6, 6.07) is 7.02. The van der Waals surface area contributed by atoms with E-state index in [1.54, 1.807) is 18.2 Å². The molecule has 34 heavy (non-hydrogen) atoms. The van der Waals surface area contributed by atoms with Crippen LogP contribution in [0.25, 0.3) is 11.3 Å². The van der Waals surface area contributed by atoms with Gasteiger partial charge in [0.2, 0.25) is 0 Å². The van der Waals surface area contributed by atoms with E-state index in [0.717, 1.165) is 48.3 Å². The normalized spacial score (nSPS) is 24.5. The van der Waals surface area contributed by atoms with E-state index >= 15 is 0 Å². The standard InChI is InChI=1S/C25H32F3N3O2S/c1-16(2)31-21-11-17(13-29-23(3)14-34(32,33)15-23)7-8-20(21)22(30-31)18-5-4-6-19(12-18)24(9-10-24)25(26,27)28/h4-6,12,16-17,29H,7-11,13-15H2,1-3H3. The Labute approximate surface area is 199 Å². The fraction of sp³-hybridized carbons (Fsp3) is 0.640. The zero-order chi connectivity index (χ0) is 24.5. The third-order valence-electron chi connectivity index (χ3n) is 7.77. The number of rotatable bonds is 6. The van der Waals surface area contributed by atoms with Crippen molar-refractivity contribution < 1.29 is 21.6 Å². The van der Waals surface area contributed by atoms with E-state index in [4.69, 9.17) is 5.10 Å². The maximum absolute atomic E-state index is 13.7. The van der Waals surface area contributed by atoms with Crippen molar-refractivity contribution in [2.24, 2.45) is 5.92 Å². The Hall–Kier alpha value is -1.87. The van der Waals surface area contributed by atoms with Crippen LogP contribution in [0.4, 0.5) is 13.2 Å². The lowest BCUT2D eigenvalue weighted by Crippen LogP contribution is -2.62. The first-order valence-corrected chi connectivity index (χ1v) is 13.9. The number of sulfone groups is 1. The van der Waals surface area contributed by atoms with Crippen molar-refractivity contribution in [1.82, 2.24) is 15.1 Å². The molecule has 186 valence electrons. The highest BCUT2D eigenvalue weighted by Crippen LogP contribution is 2.59. The minimum Gasteiger partial charge on any atom is -0.309 e. The van der Waals surface area contributed by atoms with Crippen LogP contribution < -0.4 is 5.32 Å². The Morgan fingerprint density at radius 1 is 1.24 bits per heavy atom. The van der Waals surface area contributed by atoms with E-state index in [-0.39, 0.29) is 35.9 Å². The monoisotopic (exact) mass is 495 g/mol. The average molecular weight is 496 g/mol. The molecule has 2 heterocycles. The van der Waals surface area contributed by atoms with Crippen LogP contribution in [0.5, 0.6) is 0 Å². The van der Waals surface area contributed by atoms with Gasteiger partial charge in [-0.3, -0.25) is 4.68 Å². The summed E-state index contributed by atoms with van der Waals surface area (Å²) in [7, 11) is -2.90. The number of hydrogen-bond acceptors (Lipinski definition) is 4. The second kappa shape index (κ2) is 7.82. The Morgan fingerprint density at radius 3 is 2.53 bits per heavy atom. The van der Waals surface area contributed by atoms with Crippen LogP contribution in [0.2, 0.25) is 0 Å². The van der Waals surface area contributed by atoms with Crippen LogP contribution in [0.1, 0.15) is 62.9 Å². The molecule has 1 saturated heterocycles. The molecule has 2 aliphatic carbocycles. The minimum atomic E-state index is -4.24. The van der Waals surface area contributed by atoms with Gasteiger partial charge in [0.1, 0.15) is 0 Å². The lowest BCUT2D eigenvalue weighted by atomic mass is 9.84. The van der Waals surface area contributed by atoms with E-state index < -0.39 is 21.4 Å². The summed E-state index contributed by atoms with van der Waals surface area (Å²) in [6.45, 7) is 6.84. The fourth-order valence-electron chi connectivity index (χ4n) is 5.79. The number of benzene rings is 1. The third kappa shape index (κ3) is 4.08. The van der Waals surface area contributed by atoms with E-state index in [1.807, 2.05) is 17.7 Å². The molecule has 1 aromatic carbocycles. The van der Waals surface area contributed by atoms with Crippen LogP contribution >= 0.6 is 0 Å². The van der Waals surface area contributed by atoms with E-state index in [2.05, 4.69) is 19.2 Å². The molecule has 9 heteroatoms. The van der Waals surface area contributed by atoms with Crippen LogP contribution in [-0.2, 0) is 28.1 Å². The highest BCUT2D eigenvalue weighted by Gasteiger charge is 2.64. The largest absolute Gasteiger partial charge is 0.398 e. The van der Waals surface area contributed by atoms with Crippen molar-refractivity contribution in [3.05, 3.63) is 41.1 Å². The Balaban J connectivity index is 1.40. The summed E-state index contributed by atoms with van der Waals surface area (Å²) in [5.41, 5.74) is 2.13. The van der Waals surface area contributed by atoms with Gasteiger partial charge in [0.15, 0.2) is 9.84 Å². The summed E-state index contributed by atoms with van der Waals surface area (Å²) in [4.78, 5) is 0. The molecule has 1 aromatic heterocycles. The molecule has 3 aliphatic rings. The predicted molar refractivity (Wildman–Crippen MR) is 126 cm³/mol. The van der Waals surface area contributed by atoms with Gasteiger partial charge < -0.3 is 5.32 Å². The van der Waals surface area contributed by atoms with Gasteiger partial charge in [0, 0.05) is 28.4 Å². The molecule has 5 rings (SSSR count). The van der Waals surface area contributed by atoms with Gasteiger partial charge in [0.25, 0.3) is 0 Å². The van der Waals surface area contributed by atoms with Crippen LogP contribution in [0.15, 0.2) is 24.3 Å². The first kappa shape index (κ1) is 23.9. The molecule has 0 amide bonds. The van der Waals surface area contributed by atoms with Gasteiger partial charge in [0.05, 0.1) is 22.6 Å². The number of aromatic nitrogens is 2. The van der Waals surface area contributed by atoms with Gasteiger partial charge in [-0.2, -0.15) is 18.3 Å². The smallest absolute Gasteiger partial charge is 0.309 e. The second-order valence-electron chi connectivity index (χ2n) is 11.1. The average Bonchev–Trinajstić information content (AvgIpc) is 3.47. The zero-order valence-electron chi connectivity index (χ0n) is 19.9. The number of fused-ring (bicyclic) bond motifs is 1. The highest BCUT2D eigenvalue weighted by molar-refractivity contribution is 7.93. The quantitative estimate of drug-likeness (QED) is 0.636. The van der Waals surface area contributed by atoms with E-state index in [9.17, 15) is 21.6 Å². The van der Waals surface area contributed by atoms with Gasteiger partial charge in [-0.25, -0.2) is 8.42 Å². The molecule has 1 aliphatic heterocycles. The Morgan fingerprint density at radius 2 is 1.94 bits per heavy atom. The molecule has 0 radical (unpaired) electrons. The van der Waals surface area contributed by atoms with Gasteiger partial charge >= 0.3 is 6.18 Å². The third-order valence-corrected chi connectivity index (χ3v) is 9.92. The van der Waals surface area contributed by atoms with Crippen LogP contribution in [0, 0.1) is 5.92 Å². The van der Waals surface area contributed by atoms with Crippen molar-refractivity contribution in [2.75, 3.05) is 18.1 Å². The maximum atomic E-state index is 13.7. The molecule has 0 bridgehead atoms. The first-order valence-electron chi connectivity index (χ1n) is 12.1. The minimum absolute atomic E-state index is 0.136. The van der Waals surface area contributed by atoms with Crippen molar-refractivity contribution in [1.29, 1.82) is 0 Å². The second-order valence-corrected chi connectivity index (χ2v) is 13.1. The topological polar surface area (TPSA) is 64.0 Å². The van der Waals surface area contributed by atoms with Crippen molar-refractivity contribution in [3.8, 4) is 11.3 Å². The fourth-order valence-corrected chi connectivity index (χ4v) is 7.85. The van der Waals surface area contributed by atoms with Crippen LogP contribution in [-0.4, -0.2) is 48.0 Å². The number of alkyl halides is 3. The van der Waals surface area contributed by atoms with Gasteiger partial charge in [-0.05, 0) is 77.0 Å². The lowest BCUT2D eigenvalue weighted by molar-refractivity contribution is -0.160. The summed E-state index contributed by atoms with van der Waals surface area (Å²) in [6.07, 6.45) is -1.37. The Bertz CT molecular complexity index is 1200. The molecular weight excluding hydrogens is 463 g/mol. The molecule has 2 aromatic rings. The first-order chi connectivity index (χ1) is 15.8. The molecule has 0 spiro atoms. The molecule has 1 unspecified atom stereocenters. The number of hydrogen-bond donors (Lipinski definition) is 1. The Kier molecular flexibility index (Phi) is 5.48. The van der Waals surface area contributed by atoms with Gasteiger partial charge in [-0.15, -0.1) is 0 Å². The SMILES string of the molecule is CC(C)n1nc(-c2cccc(C3(C(F)(F)F)CC3)c2)c2c1CC(CNC1(C)CS(=O)(=O)C1)CC2. The van der Waals surface area contributed by atoms with Crippen molar-refractivity contribution in [3.63, 3.8) is 0 Å².